The fourth-order valence-electron chi connectivity index (χ4n) is 9.35. The first-order chi connectivity index (χ1) is 19.2. The maximum Gasteiger partial charge on any atom is 0.318 e. The van der Waals surface area contributed by atoms with E-state index in [1.165, 1.54) is 0 Å². The van der Waals surface area contributed by atoms with Gasteiger partial charge in [0.1, 0.15) is 17.8 Å². The van der Waals surface area contributed by atoms with Crippen LogP contribution in [0.4, 0.5) is 0 Å². The summed E-state index contributed by atoms with van der Waals surface area (Å²) in [5.74, 6) is -4.16. The lowest BCUT2D eigenvalue weighted by molar-refractivity contribution is -0.178. The first kappa shape index (κ1) is 30.0. The van der Waals surface area contributed by atoms with E-state index >= 15 is 0 Å². The second-order valence-electron chi connectivity index (χ2n) is 14.3. The predicted octanol–water partition coefficient (Wildman–Crippen LogP) is 4.49. The van der Waals surface area contributed by atoms with E-state index in [1.807, 2.05) is 48.5 Å². The second-order valence-corrected chi connectivity index (χ2v) is 14.3. The number of carbonyl (C=O) groups excluding carboxylic acids is 5. The fourth-order valence-corrected chi connectivity index (χ4v) is 9.35. The van der Waals surface area contributed by atoms with Crippen LogP contribution in [0.25, 0.3) is 0 Å². The first-order valence-corrected chi connectivity index (χ1v) is 15.6. The van der Waals surface area contributed by atoms with E-state index in [0.717, 1.165) is 12.8 Å². The van der Waals surface area contributed by atoms with Gasteiger partial charge in [0.25, 0.3) is 0 Å². The number of rotatable bonds is 6. The van der Waals surface area contributed by atoms with Gasteiger partial charge in [-0.15, -0.1) is 0 Å². The normalized spacial score (nSPS) is 43.3. The van der Waals surface area contributed by atoms with Crippen molar-refractivity contribution in [3.05, 3.63) is 0 Å². The quantitative estimate of drug-likeness (QED) is 0.257. The van der Waals surface area contributed by atoms with Crippen molar-refractivity contribution in [1.82, 2.24) is 0 Å². The third-order valence-electron chi connectivity index (χ3n) is 11.2. The molecule has 4 aliphatic carbocycles. The van der Waals surface area contributed by atoms with Gasteiger partial charge >= 0.3 is 29.8 Å². The van der Waals surface area contributed by atoms with E-state index in [1.54, 1.807) is 6.92 Å². The van der Waals surface area contributed by atoms with Gasteiger partial charge in [-0.2, -0.15) is 0 Å². The summed E-state index contributed by atoms with van der Waals surface area (Å²) in [4.78, 5) is 65.5. The molecule has 6 aliphatic rings. The molecule has 0 spiro atoms. The summed E-state index contributed by atoms with van der Waals surface area (Å²) in [6, 6.07) is 0. The third kappa shape index (κ3) is 4.60. The van der Waals surface area contributed by atoms with Crippen LogP contribution in [-0.4, -0.2) is 47.7 Å². The van der Waals surface area contributed by atoms with Crippen molar-refractivity contribution in [2.24, 2.45) is 64.6 Å². The van der Waals surface area contributed by atoms with Gasteiger partial charge in [0.15, 0.2) is 0 Å². The lowest BCUT2D eigenvalue weighted by atomic mass is 9.61. The molecule has 2 saturated heterocycles. The molecule has 13 unspecified atom stereocenters. The largest absolute Gasteiger partial charge is 0.460 e. The molecule has 0 aromatic carbocycles. The topological polar surface area (TPSA) is 122 Å². The lowest BCUT2D eigenvalue weighted by Gasteiger charge is -2.41. The number of esters is 5. The zero-order chi connectivity index (χ0) is 30.2. The minimum Gasteiger partial charge on any atom is -0.460 e. The summed E-state index contributed by atoms with van der Waals surface area (Å²) in [6.07, 6.45) is 2.20. The van der Waals surface area contributed by atoms with E-state index in [2.05, 4.69) is 0 Å². The highest BCUT2D eigenvalue weighted by atomic mass is 16.6. The maximum absolute atomic E-state index is 13.9. The summed E-state index contributed by atoms with van der Waals surface area (Å²) in [5, 5.41) is 0. The molecular formula is C32H46O9. The second kappa shape index (κ2) is 10.4. The van der Waals surface area contributed by atoms with E-state index in [0.29, 0.717) is 19.3 Å². The SMILES string of the molecule is CC.CCC(C)(C(=O)OC1C2CC3C(=O)OC1C3C2)C1C(=O)OC(=O)C1C1C2CC(C(=O)OC(C)(C)C)C(C2)C1C. The lowest BCUT2D eigenvalue weighted by Crippen LogP contribution is -2.49. The van der Waals surface area contributed by atoms with Crippen LogP contribution in [0.5, 0.6) is 0 Å². The highest BCUT2D eigenvalue weighted by Crippen LogP contribution is 2.62. The molecule has 2 heterocycles. The Bertz CT molecular complexity index is 1120. The van der Waals surface area contributed by atoms with Crippen molar-refractivity contribution in [1.29, 1.82) is 0 Å². The van der Waals surface area contributed by atoms with E-state index < -0.39 is 53.0 Å². The highest BCUT2D eigenvalue weighted by Gasteiger charge is 2.67. The molecule has 0 aromatic rings. The Hall–Kier alpha value is -2.45. The van der Waals surface area contributed by atoms with Crippen LogP contribution in [0, 0.1) is 64.6 Å². The molecule has 0 aromatic heterocycles. The molecule has 9 heteroatoms. The molecule has 6 rings (SSSR count). The average Bonchev–Trinajstić information content (AvgIpc) is 3.72. The Morgan fingerprint density at radius 3 is 2.17 bits per heavy atom. The average molecular weight is 575 g/mol. The smallest absolute Gasteiger partial charge is 0.318 e. The van der Waals surface area contributed by atoms with Crippen LogP contribution < -0.4 is 0 Å². The number of carbonyl (C=O) groups is 5. The van der Waals surface area contributed by atoms with Gasteiger partial charge in [-0.05, 0) is 83.5 Å². The Morgan fingerprint density at radius 2 is 1.56 bits per heavy atom. The van der Waals surface area contributed by atoms with Gasteiger partial charge in [0, 0.05) is 11.8 Å². The Morgan fingerprint density at radius 1 is 0.902 bits per heavy atom. The minimum atomic E-state index is -1.27. The van der Waals surface area contributed by atoms with Gasteiger partial charge in [0.05, 0.1) is 29.1 Å². The van der Waals surface area contributed by atoms with Crippen LogP contribution >= 0.6 is 0 Å². The first-order valence-electron chi connectivity index (χ1n) is 15.6. The molecular weight excluding hydrogens is 528 g/mol. The Kier molecular flexibility index (Phi) is 7.59. The summed E-state index contributed by atoms with van der Waals surface area (Å²) in [6.45, 7) is 15.1. The Labute approximate surface area is 242 Å². The number of cyclic esters (lactones) is 2. The van der Waals surface area contributed by atoms with Crippen molar-refractivity contribution in [3.8, 4) is 0 Å². The van der Waals surface area contributed by atoms with Crippen molar-refractivity contribution in [3.63, 3.8) is 0 Å². The van der Waals surface area contributed by atoms with Crippen LogP contribution in [0.15, 0.2) is 0 Å². The predicted molar refractivity (Wildman–Crippen MR) is 145 cm³/mol. The molecule has 13 atom stereocenters. The number of hydrogen-bond acceptors (Lipinski definition) is 9. The number of fused-ring (bicyclic) bond motifs is 3. The summed E-state index contributed by atoms with van der Waals surface area (Å²) in [5.41, 5.74) is -1.85. The molecule has 0 radical (unpaired) electrons. The fraction of sp³-hybridized carbons (Fsp3) is 0.844. The Balaban J connectivity index is 0.00000165. The van der Waals surface area contributed by atoms with Crippen LogP contribution in [0.3, 0.4) is 0 Å². The summed E-state index contributed by atoms with van der Waals surface area (Å²) in [7, 11) is 0. The molecule has 6 fully saturated rings. The van der Waals surface area contributed by atoms with Gasteiger partial charge < -0.3 is 18.9 Å². The molecule has 228 valence electrons. The molecule has 4 bridgehead atoms. The number of ether oxygens (including phenoxy) is 4. The minimum absolute atomic E-state index is 0.00949. The van der Waals surface area contributed by atoms with Gasteiger partial charge in [-0.1, -0.05) is 27.7 Å². The van der Waals surface area contributed by atoms with E-state index in [9.17, 15) is 24.0 Å². The zero-order valence-electron chi connectivity index (χ0n) is 25.6. The molecule has 9 nitrogen and oxygen atoms in total. The summed E-state index contributed by atoms with van der Waals surface area (Å²) < 4.78 is 22.6. The van der Waals surface area contributed by atoms with Crippen molar-refractivity contribution in [2.75, 3.05) is 0 Å². The molecule has 41 heavy (non-hydrogen) atoms. The van der Waals surface area contributed by atoms with Gasteiger partial charge in [-0.25, -0.2) is 0 Å². The van der Waals surface area contributed by atoms with Crippen molar-refractivity contribution >= 4 is 29.8 Å². The van der Waals surface area contributed by atoms with Gasteiger partial charge in [-0.3, -0.25) is 24.0 Å². The van der Waals surface area contributed by atoms with Crippen molar-refractivity contribution in [2.45, 2.75) is 105 Å². The van der Waals surface area contributed by atoms with Crippen LogP contribution in [-0.2, 0) is 42.9 Å². The maximum atomic E-state index is 13.9. The third-order valence-corrected chi connectivity index (χ3v) is 11.2. The molecule has 4 saturated carbocycles. The molecule has 0 amide bonds. The standard InChI is InChI=1S/C30H40O9.C2H6/c1-7-30(6,28(35)37-22-14-10-16-18(11-14)24(31)36-23(16)22)21-20(26(33)38-27(21)34)19-12(2)15-8-13(19)9-17(15)25(32)39-29(3,4)5;1-2/h12-23H,7-11H2,1-6H3;1-2H3. The van der Waals surface area contributed by atoms with Crippen molar-refractivity contribution < 1.29 is 42.9 Å². The highest BCUT2D eigenvalue weighted by molar-refractivity contribution is 6.00. The van der Waals surface area contributed by atoms with E-state index in [-0.39, 0.29) is 59.3 Å². The number of hydrogen-bond donors (Lipinski definition) is 0. The van der Waals surface area contributed by atoms with Crippen LogP contribution in [0.2, 0.25) is 0 Å². The zero-order valence-corrected chi connectivity index (χ0v) is 25.6. The van der Waals surface area contributed by atoms with E-state index in [4.69, 9.17) is 18.9 Å². The molecule has 2 aliphatic heterocycles. The monoisotopic (exact) mass is 574 g/mol. The summed E-state index contributed by atoms with van der Waals surface area (Å²) >= 11 is 0. The van der Waals surface area contributed by atoms with Gasteiger partial charge in [0.2, 0.25) is 0 Å². The molecule has 0 N–H and O–H groups in total. The van der Waals surface area contributed by atoms with Crippen LogP contribution in [0.1, 0.15) is 87.5 Å².